The zero-order valence-corrected chi connectivity index (χ0v) is 14.9. The Kier molecular flexibility index (Phi) is 4.64. The SMILES string of the molecule is Cc1n[nH]c(C)c1CC(=O)N1CCC(S(=O)(=O)c2ccc(F)cc2)C1. The van der Waals surface area contributed by atoms with E-state index in [1.54, 1.807) is 4.90 Å². The van der Waals surface area contributed by atoms with Crippen molar-refractivity contribution in [1.29, 1.82) is 0 Å². The Hall–Kier alpha value is -2.22. The number of halogens is 1. The zero-order valence-electron chi connectivity index (χ0n) is 14.1. The number of rotatable bonds is 4. The molecular weight excluding hydrogens is 345 g/mol. The summed E-state index contributed by atoms with van der Waals surface area (Å²) in [6.07, 6.45) is 0.590. The van der Waals surface area contributed by atoms with Gasteiger partial charge < -0.3 is 4.90 Å². The molecule has 1 aromatic heterocycles. The molecule has 1 N–H and O–H groups in total. The molecule has 0 spiro atoms. The lowest BCUT2D eigenvalue weighted by atomic mass is 10.1. The van der Waals surface area contributed by atoms with Crippen LogP contribution in [0.5, 0.6) is 0 Å². The van der Waals surface area contributed by atoms with Crippen LogP contribution < -0.4 is 0 Å². The van der Waals surface area contributed by atoms with Crippen molar-refractivity contribution >= 4 is 15.7 Å². The molecule has 8 heteroatoms. The predicted molar refractivity (Wildman–Crippen MR) is 90.3 cm³/mol. The van der Waals surface area contributed by atoms with Crippen LogP contribution in [0.3, 0.4) is 0 Å². The minimum atomic E-state index is -3.58. The van der Waals surface area contributed by atoms with Crippen molar-refractivity contribution in [1.82, 2.24) is 15.1 Å². The molecule has 0 aliphatic carbocycles. The third kappa shape index (κ3) is 3.44. The fourth-order valence-corrected chi connectivity index (χ4v) is 4.81. The first-order chi connectivity index (χ1) is 11.8. The molecular formula is C17H20FN3O3S. The van der Waals surface area contributed by atoms with Gasteiger partial charge in [0, 0.05) is 24.3 Å². The lowest BCUT2D eigenvalue weighted by molar-refractivity contribution is -0.129. The summed E-state index contributed by atoms with van der Waals surface area (Å²) >= 11 is 0. The normalized spacial score (nSPS) is 17.9. The van der Waals surface area contributed by atoms with Gasteiger partial charge in [0.2, 0.25) is 5.91 Å². The summed E-state index contributed by atoms with van der Waals surface area (Å²) < 4.78 is 38.3. The van der Waals surface area contributed by atoms with E-state index in [9.17, 15) is 17.6 Å². The van der Waals surface area contributed by atoms with Crippen molar-refractivity contribution in [2.75, 3.05) is 13.1 Å². The van der Waals surface area contributed by atoms with Crippen molar-refractivity contribution in [3.05, 3.63) is 47.0 Å². The van der Waals surface area contributed by atoms with Gasteiger partial charge in [-0.05, 0) is 44.5 Å². The van der Waals surface area contributed by atoms with Crippen LogP contribution >= 0.6 is 0 Å². The Labute approximate surface area is 146 Å². The van der Waals surface area contributed by atoms with Crippen LogP contribution in [-0.4, -0.2) is 47.8 Å². The van der Waals surface area contributed by atoms with Gasteiger partial charge in [0.1, 0.15) is 5.82 Å². The van der Waals surface area contributed by atoms with Crippen LogP contribution in [0.1, 0.15) is 23.4 Å². The Bertz CT molecular complexity index is 871. The minimum Gasteiger partial charge on any atom is -0.341 e. The molecule has 1 aliphatic rings. The molecule has 2 heterocycles. The monoisotopic (exact) mass is 365 g/mol. The number of aromatic amines is 1. The molecule has 0 bridgehead atoms. The highest BCUT2D eigenvalue weighted by Gasteiger charge is 2.36. The van der Waals surface area contributed by atoms with Crippen molar-refractivity contribution in [2.24, 2.45) is 0 Å². The van der Waals surface area contributed by atoms with Crippen molar-refractivity contribution < 1.29 is 17.6 Å². The van der Waals surface area contributed by atoms with Gasteiger partial charge in [-0.1, -0.05) is 0 Å². The van der Waals surface area contributed by atoms with E-state index >= 15 is 0 Å². The number of aryl methyl sites for hydroxylation is 2. The van der Waals surface area contributed by atoms with Crippen LogP contribution in [0.4, 0.5) is 4.39 Å². The molecule has 0 radical (unpaired) electrons. The fraction of sp³-hybridized carbons (Fsp3) is 0.412. The first kappa shape index (κ1) is 17.6. The standard InChI is InChI=1S/C17H20FN3O3S/c1-11-16(12(2)20-19-11)9-17(22)21-8-7-15(10-21)25(23,24)14-5-3-13(18)4-6-14/h3-6,15H,7-10H2,1-2H3,(H,19,20). The summed E-state index contributed by atoms with van der Waals surface area (Å²) in [4.78, 5) is 14.2. The van der Waals surface area contributed by atoms with Crippen LogP contribution in [0.15, 0.2) is 29.2 Å². The summed E-state index contributed by atoms with van der Waals surface area (Å²) in [7, 11) is -3.58. The van der Waals surface area contributed by atoms with Crippen LogP contribution in [0.25, 0.3) is 0 Å². The highest BCUT2D eigenvalue weighted by Crippen LogP contribution is 2.25. The smallest absolute Gasteiger partial charge is 0.227 e. The Balaban J connectivity index is 1.71. The molecule has 6 nitrogen and oxygen atoms in total. The minimum absolute atomic E-state index is 0.0923. The van der Waals surface area contributed by atoms with Gasteiger partial charge in [0.15, 0.2) is 9.84 Å². The topological polar surface area (TPSA) is 83.1 Å². The third-order valence-electron chi connectivity index (χ3n) is 4.69. The molecule has 1 unspecified atom stereocenters. The summed E-state index contributed by atoms with van der Waals surface area (Å²) in [6.45, 7) is 4.25. The van der Waals surface area contributed by atoms with Gasteiger partial charge in [-0.25, -0.2) is 12.8 Å². The molecule has 1 atom stereocenters. The highest BCUT2D eigenvalue weighted by atomic mass is 32.2. The summed E-state index contributed by atoms with van der Waals surface area (Å²) in [6, 6.07) is 4.81. The number of nitrogens with zero attached hydrogens (tertiary/aromatic N) is 2. The van der Waals surface area contributed by atoms with E-state index in [2.05, 4.69) is 10.2 Å². The van der Waals surface area contributed by atoms with Gasteiger partial charge in [-0.2, -0.15) is 5.10 Å². The Morgan fingerprint density at radius 1 is 1.32 bits per heavy atom. The first-order valence-corrected chi connectivity index (χ1v) is 9.61. The van der Waals surface area contributed by atoms with Crippen molar-refractivity contribution in [3.8, 4) is 0 Å². The molecule has 1 fully saturated rings. The number of likely N-dealkylation sites (tertiary alicyclic amines) is 1. The van der Waals surface area contributed by atoms with Gasteiger partial charge >= 0.3 is 0 Å². The molecule has 0 saturated carbocycles. The second-order valence-corrected chi connectivity index (χ2v) is 8.57. The maximum absolute atomic E-state index is 13.0. The van der Waals surface area contributed by atoms with E-state index in [-0.39, 0.29) is 23.8 Å². The van der Waals surface area contributed by atoms with E-state index in [1.165, 1.54) is 12.1 Å². The van der Waals surface area contributed by atoms with Gasteiger partial charge in [-0.15, -0.1) is 0 Å². The predicted octanol–water partition coefficient (Wildman–Crippen LogP) is 1.78. The summed E-state index contributed by atoms with van der Waals surface area (Å²) in [5.41, 5.74) is 2.48. The molecule has 3 rings (SSSR count). The molecule has 25 heavy (non-hydrogen) atoms. The maximum atomic E-state index is 13.0. The average molecular weight is 365 g/mol. The fourth-order valence-electron chi connectivity index (χ4n) is 3.12. The van der Waals surface area contributed by atoms with Gasteiger partial charge in [0.25, 0.3) is 0 Å². The van der Waals surface area contributed by atoms with Crippen LogP contribution in [0.2, 0.25) is 0 Å². The summed E-state index contributed by atoms with van der Waals surface area (Å²) in [5.74, 6) is -0.586. The number of carbonyl (C=O) groups excluding carboxylic acids is 1. The molecule has 2 aromatic rings. The molecule has 1 amide bonds. The van der Waals surface area contributed by atoms with Crippen LogP contribution in [-0.2, 0) is 21.1 Å². The van der Waals surface area contributed by atoms with E-state index in [4.69, 9.17) is 0 Å². The Morgan fingerprint density at radius 2 is 2.00 bits per heavy atom. The molecule has 1 saturated heterocycles. The van der Waals surface area contributed by atoms with E-state index in [1.807, 2.05) is 13.8 Å². The first-order valence-electron chi connectivity index (χ1n) is 8.06. The van der Waals surface area contributed by atoms with Gasteiger partial charge in [-0.3, -0.25) is 9.89 Å². The average Bonchev–Trinajstić information content (AvgIpc) is 3.18. The number of sulfone groups is 1. The largest absolute Gasteiger partial charge is 0.341 e. The second-order valence-electron chi connectivity index (χ2n) is 6.34. The maximum Gasteiger partial charge on any atom is 0.227 e. The Morgan fingerprint density at radius 3 is 2.60 bits per heavy atom. The number of nitrogens with one attached hydrogen (secondary N) is 1. The number of H-pyrrole nitrogens is 1. The van der Waals surface area contributed by atoms with E-state index < -0.39 is 20.9 Å². The number of amides is 1. The lowest BCUT2D eigenvalue weighted by Gasteiger charge is -2.17. The molecule has 1 aromatic carbocycles. The highest BCUT2D eigenvalue weighted by molar-refractivity contribution is 7.92. The molecule has 1 aliphatic heterocycles. The lowest BCUT2D eigenvalue weighted by Crippen LogP contribution is -2.33. The number of benzene rings is 1. The summed E-state index contributed by atoms with van der Waals surface area (Å²) in [5, 5.41) is 6.26. The zero-order chi connectivity index (χ0) is 18.2. The number of carbonyl (C=O) groups is 1. The van der Waals surface area contributed by atoms with Gasteiger partial charge in [0.05, 0.1) is 22.3 Å². The van der Waals surface area contributed by atoms with Crippen LogP contribution in [0, 0.1) is 19.7 Å². The third-order valence-corrected chi connectivity index (χ3v) is 6.88. The quantitative estimate of drug-likeness (QED) is 0.838. The van der Waals surface area contributed by atoms with Crippen molar-refractivity contribution in [2.45, 2.75) is 36.8 Å². The number of aromatic nitrogens is 2. The number of hydrogen-bond acceptors (Lipinski definition) is 4. The van der Waals surface area contributed by atoms with E-state index in [0.29, 0.717) is 13.0 Å². The molecule has 134 valence electrons. The second kappa shape index (κ2) is 6.59. The van der Waals surface area contributed by atoms with E-state index in [0.717, 1.165) is 29.1 Å². The van der Waals surface area contributed by atoms with Crippen molar-refractivity contribution in [3.63, 3.8) is 0 Å². The number of hydrogen-bond donors (Lipinski definition) is 1.